The lowest BCUT2D eigenvalue weighted by Gasteiger charge is -2.12. The van der Waals surface area contributed by atoms with Crippen LogP contribution >= 0.6 is 0 Å². The Bertz CT molecular complexity index is 729. The fourth-order valence-corrected chi connectivity index (χ4v) is 1.95. The van der Waals surface area contributed by atoms with Crippen LogP contribution in [0.2, 0.25) is 0 Å². The second kappa shape index (κ2) is 6.19. The van der Waals surface area contributed by atoms with Crippen LogP contribution in [0.3, 0.4) is 0 Å². The lowest BCUT2D eigenvalue weighted by atomic mass is 10.2. The van der Waals surface area contributed by atoms with Crippen molar-refractivity contribution in [2.24, 2.45) is 0 Å². The molecule has 0 aromatic heterocycles. The molecule has 0 atom stereocenters. The van der Waals surface area contributed by atoms with Crippen LogP contribution in [-0.4, -0.2) is 15.3 Å². The van der Waals surface area contributed by atoms with Crippen molar-refractivity contribution >= 4 is 0 Å². The van der Waals surface area contributed by atoms with Gasteiger partial charge in [-0.2, -0.15) is 0 Å². The number of hydrogen-bond acceptors (Lipinski definition) is 5. The van der Waals surface area contributed by atoms with Gasteiger partial charge in [0.15, 0.2) is 11.5 Å². The molecule has 0 radical (unpaired) electrons. The molecule has 0 fully saturated rings. The number of benzene rings is 3. The average molecular weight is 310 g/mol. The summed E-state index contributed by atoms with van der Waals surface area (Å²) in [5, 5.41) is 28.8. The maximum atomic E-state index is 10.3. The summed E-state index contributed by atoms with van der Waals surface area (Å²) in [6.07, 6.45) is 0. The zero-order chi connectivity index (χ0) is 16.2. The minimum Gasteiger partial charge on any atom is -0.508 e. The Kier molecular flexibility index (Phi) is 3.93. The smallest absolute Gasteiger partial charge is 0.202 e. The molecule has 3 aromatic carbocycles. The van der Waals surface area contributed by atoms with Gasteiger partial charge in [-0.1, -0.05) is 6.07 Å². The van der Waals surface area contributed by atoms with Gasteiger partial charge in [0.25, 0.3) is 0 Å². The zero-order valence-corrected chi connectivity index (χ0v) is 12.0. The van der Waals surface area contributed by atoms with Crippen molar-refractivity contribution in [1.29, 1.82) is 0 Å². The first-order chi connectivity index (χ1) is 11.1. The van der Waals surface area contributed by atoms with E-state index in [0.29, 0.717) is 11.5 Å². The van der Waals surface area contributed by atoms with Gasteiger partial charge in [-0.3, -0.25) is 0 Å². The minimum absolute atomic E-state index is 0.131. The van der Waals surface area contributed by atoms with Gasteiger partial charge in [-0.05, 0) is 60.7 Å². The van der Waals surface area contributed by atoms with E-state index in [-0.39, 0.29) is 28.7 Å². The van der Waals surface area contributed by atoms with Gasteiger partial charge in [0.05, 0.1) is 0 Å². The van der Waals surface area contributed by atoms with Gasteiger partial charge >= 0.3 is 0 Å². The predicted molar refractivity (Wildman–Crippen MR) is 84.5 cm³/mol. The molecular formula is C18H14O5. The molecule has 5 heteroatoms. The van der Waals surface area contributed by atoms with E-state index >= 15 is 0 Å². The Morgan fingerprint density at radius 1 is 0.522 bits per heavy atom. The summed E-state index contributed by atoms with van der Waals surface area (Å²) in [7, 11) is 0. The summed E-state index contributed by atoms with van der Waals surface area (Å²) in [6, 6.07) is 17.2. The van der Waals surface area contributed by atoms with Crippen molar-refractivity contribution in [2.45, 2.75) is 0 Å². The first-order valence-electron chi connectivity index (χ1n) is 6.87. The monoisotopic (exact) mass is 310 g/mol. The van der Waals surface area contributed by atoms with Crippen molar-refractivity contribution in [2.75, 3.05) is 0 Å². The van der Waals surface area contributed by atoms with Gasteiger partial charge in [0, 0.05) is 0 Å². The molecule has 0 aliphatic carbocycles. The van der Waals surface area contributed by atoms with E-state index < -0.39 is 0 Å². The van der Waals surface area contributed by atoms with Crippen LogP contribution in [0, 0.1) is 0 Å². The molecule has 0 amide bonds. The number of para-hydroxylation sites is 1. The molecule has 0 saturated heterocycles. The van der Waals surface area contributed by atoms with Crippen molar-refractivity contribution in [1.82, 2.24) is 0 Å². The lowest BCUT2D eigenvalue weighted by Crippen LogP contribution is -1.88. The maximum absolute atomic E-state index is 10.3. The van der Waals surface area contributed by atoms with Crippen LogP contribution in [-0.2, 0) is 0 Å². The van der Waals surface area contributed by atoms with Crippen molar-refractivity contribution in [3.63, 3.8) is 0 Å². The number of aromatic hydroxyl groups is 3. The minimum atomic E-state index is -0.145. The quantitative estimate of drug-likeness (QED) is 0.666. The molecule has 3 rings (SSSR count). The summed E-state index contributed by atoms with van der Waals surface area (Å²) < 4.78 is 11.2. The summed E-state index contributed by atoms with van der Waals surface area (Å²) in [5.74, 6) is 1.52. The van der Waals surface area contributed by atoms with E-state index in [2.05, 4.69) is 0 Å². The highest BCUT2D eigenvalue weighted by Crippen LogP contribution is 2.40. The van der Waals surface area contributed by atoms with E-state index in [1.807, 2.05) is 0 Å². The van der Waals surface area contributed by atoms with E-state index in [4.69, 9.17) is 9.47 Å². The summed E-state index contributed by atoms with van der Waals surface area (Å²) in [4.78, 5) is 0. The van der Waals surface area contributed by atoms with Gasteiger partial charge in [-0.15, -0.1) is 0 Å². The van der Waals surface area contributed by atoms with Crippen LogP contribution in [0.4, 0.5) is 0 Å². The van der Waals surface area contributed by atoms with Gasteiger partial charge in [-0.25, -0.2) is 0 Å². The molecule has 0 aliphatic heterocycles. The second-order valence-corrected chi connectivity index (χ2v) is 4.79. The van der Waals surface area contributed by atoms with Crippen LogP contribution < -0.4 is 9.47 Å². The van der Waals surface area contributed by atoms with Gasteiger partial charge in [0.2, 0.25) is 5.75 Å². The predicted octanol–water partition coefficient (Wildman–Crippen LogP) is 4.39. The molecule has 0 spiro atoms. The van der Waals surface area contributed by atoms with Crippen LogP contribution in [0.1, 0.15) is 0 Å². The number of ether oxygens (including phenoxy) is 2. The molecular weight excluding hydrogens is 296 g/mol. The van der Waals surface area contributed by atoms with Crippen molar-refractivity contribution in [3.8, 4) is 40.2 Å². The SMILES string of the molecule is Oc1ccc(Oc2cccc(Oc3ccc(O)cc3)c2O)cc1. The Hall–Kier alpha value is -3.34. The Balaban J connectivity index is 1.83. The number of rotatable bonds is 4. The van der Waals surface area contributed by atoms with Crippen LogP contribution in [0.15, 0.2) is 66.7 Å². The van der Waals surface area contributed by atoms with Crippen molar-refractivity contribution in [3.05, 3.63) is 66.7 Å². The van der Waals surface area contributed by atoms with E-state index in [9.17, 15) is 15.3 Å². The fraction of sp³-hybridized carbons (Fsp3) is 0. The van der Waals surface area contributed by atoms with Crippen molar-refractivity contribution < 1.29 is 24.8 Å². The Morgan fingerprint density at radius 3 is 1.30 bits per heavy atom. The highest BCUT2D eigenvalue weighted by molar-refractivity contribution is 5.53. The standard InChI is InChI=1S/C18H14O5/c19-12-4-8-14(9-5-12)22-16-2-1-3-17(18(16)21)23-15-10-6-13(20)7-11-15/h1-11,19-21H. The topological polar surface area (TPSA) is 79.2 Å². The van der Waals surface area contributed by atoms with Gasteiger partial charge < -0.3 is 24.8 Å². The van der Waals surface area contributed by atoms with Crippen LogP contribution in [0.5, 0.6) is 40.2 Å². The van der Waals surface area contributed by atoms with E-state index in [1.165, 1.54) is 24.3 Å². The maximum Gasteiger partial charge on any atom is 0.202 e. The summed E-state index contributed by atoms with van der Waals surface area (Å²) in [6.45, 7) is 0. The first-order valence-corrected chi connectivity index (χ1v) is 6.87. The highest BCUT2D eigenvalue weighted by atomic mass is 16.5. The summed E-state index contributed by atoms with van der Waals surface area (Å²) >= 11 is 0. The molecule has 0 saturated carbocycles. The molecule has 3 N–H and O–H groups in total. The first kappa shape index (κ1) is 14.6. The molecule has 0 aliphatic rings. The lowest BCUT2D eigenvalue weighted by molar-refractivity contribution is 0.377. The number of hydrogen-bond donors (Lipinski definition) is 3. The Morgan fingerprint density at radius 2 is 0.913 bits per heavy atom. The number of phenolic OH excluding ortho intramolecular Hbond substituents is 3. The Labute approximate surface area is 132 Å². The number of phenols is 3. The third-order valence-electron chi connectivity index (χ3n) is 3.09. The molecule has 23 heavy (non-hydrogen) atoms. The molecule has 3 aromatic rings. The molecule has 5 nitrogen and oxygen atoms in total. The molecule has 116 valence electrons. The third-order valence-corrected chi connectivity index (χ3v) is 3.09. The second-order valence-electron chi connectivity index (χ2n) is 4.79. The van der Waals surface area contributed by atoms with Gasteiger partial charge in [0.1, 0.15) is 23.0 Å². The van der Waals surface area contributed by atoms with Crippen LogP contribution in [0.25, 0.3) is 0 Å². The van der Waals surface area contributed by atoms with E-state index in [0.717, 1.165) is 0 Å². The van der Waals surface area contributed by atoms with E-state index in [1.54, 1.807) is 42.5 Å². The average Bonchev–Trinajstić information content (AvgIpc) is 2.55. The summed E-state index contributed by atoms with van der Waals surface area (Å²) in [5.41, 5.74) is 0. The fourth-order valence-electron chi connectivity index (χ4n) is 1.95. The normalized spacial score (nSPS) is 10.3. The highest BCUT2D eigenvalue weighted by Gasteiger charge is 2.11. The largest absolute Gasteiger partial charge is 0.508 e. The zero-order valence-electron chi connectivity index (χ0n) is 12.0. The molecule has 0 heterocycles. The third kappa shape index (κ3) is 3.47. The molecule has 0 unspecified atom stereocenters. The molecule has 0 bridgehead atoms.